The molecule has 0 fully saturated rings. The van der Waals surface area contributed by atoms with Gasteiger partial charge < -0.3 is 14.5 Å². The molecule has 3 heterocycles. The van der Waals surface area contributed by atoms with Crippen LogP contribution in [-0.2, 0) is 9.84 Å². The Morgan fingerprint density at radius 3 is 2.49 bits per heavy atom. The Kier molecular flexibility index (Phi) is 6.66. The average Bonchev–Trinajstić information content (AvgIpc) is 3.12. The van der Waals surface area contributed by atoms with Crippen molar-refractivity contribution in [1.82, 2.24) is 19.5 Å². The number of nitrogens with zero attached hydrogens (tertiary/aromatic N) is 3. The summed E-state index contributed by atoms with van der Waals surface area (Å²) in [7, 11) is -2.00. The van der Waals surface area contributed by atoms with E-state index in [1.807, 2.05) is 45.0 Å². The first-order valence-corrected chi connectivity index (χ1v) is 13.2. The van der Waals surface area contributed by atoms with E-state index in [0.717, 1.165) is 28.5 Å². The second kappa shape index (κ2) is 9.53. The maximum atomic E-state index is 13.1. The average molecular weight is 497 g/mol. The molecule has 4 rings (SSSR count). The van der Waals surface area contributed by atoms with Crippen LogP contribution in [0, 0.1) is 13.8 Å². The zero-order chi connectivity index (χ0) is 25.3. The standard InChI is InChI=1S/C25H28N4O5S/c1-6-34-24-21(33-4)11-10-18(27-24)20(14-35(5,31)32)29-23-19(28-25(29)30)12-17(13-26-23)22-15(2)8-7-9-16(22)3/h7-13,20H,6,14H2,1-5H3,(H,28,30). The van der Waals surface area contributed by atoms with Crippen LogP contribution >= 0.6 is 0 Å². The molecule has 0 aliphatic heterocycles. The monoisotopic (exact) mass is 496 g/mol. The Bertz CT molecular complexity index is 1540. The van der Waals surface area contributed by atoms with Crippen LogP contribution in [0.4, 0.5) is 0 Å². The molecule has 35 heavy (non-hydrogen) atoms. The lowest BCUT2D eigenvalue weighted by Gasteiger charge is -2.19. The summed E-state index contributed by atoms with van der Waals surface area (Å²) in [4.78, 5) is 25.1. The van der Waals surface area contributed by atoms with Crippen molar-refractivity contribution < 1.29 is 17.9 Å². The van der Waals surface area contributed by atoms with Crippen molar-refractivity contribution >= 4 is 21.0 Å². The van der Waals surface area contributed by atoms with Gasteiger partial charge in [-0.05, 0) is 55.7 Å². The summed E-state index contributed by atoms with van der Waals surface area (Å²) in [5.41, 5.74) is 4.81. The smallest absolute Gasteiger partial charge is 0.328 e. The van der Waals surface area contributed by atoms with Gasteiger partial charge in [0.1, 0.15) is 9.84 Å². The number of aromatic nitrogens is 4. The van der Waals surface area contributed by atoms with E-state index < -0.39 is 21.6 Å². The molecule has 1 atom stereocenters. The molecule has 4 aromatic rings. The number of H-pyrrole nitrogens is 1. The Morgan fingerprint density at radius 1 is 1.14 bits per heavy atom. The minimum absolute atomic E-state index is 0.226. The molecule has 1 unspecified atom stereocenters. The molecule has 0 saturated heterocycles. The van der Waals surface area contributed by atoms with Crippen molar-refractivity contribution in [3.63, 3.8) is 0 Å². The third-order valence-corrected chi connectivity index (χ3v) is 6.71. The predicted octanol–water partition coefficient (Wildman–Crippen LogP) is 3.44. The molecule has 0 aliphatic rings. The summed E-state index contributed by atoms with van der Waals surface area (Å²) >= 11 is 0. The fraction of sp³-hybridized carbons (Fsp3) is 0.320. The number of ether oxygens (including phenoxy) is 2. The van der Waals surface area contributed by atoms with Gasteiger partial charge in [0.2, 0.25) is 0 Å². The number of sulfone groups is 1. The third kappa shape index (κ3) is 4.93. The van der Waals surface area contributed by atoms with Gasteiger partial charge in [0.25, 0.3) is 5.88 Å². The number of nitrogens with one attached hydrogen (secondary N) is 1. The fourth-order valence-corrected chi connectivity index (χ4v) is 5.20. The van der Waals surface area contributed by atoms with E-state index in [9.17, 15) is 13.2 Å². The number of fused-ring (bicyclic) bond motifs is 1. The van der Waals surface area contributed by atoms with Gasteiger partial charge >= 0.3 is 5.69 Å². The van der Waals surface area contributed by atoms with Gasteiger partial charge in [-0.25, -0.2) is 23.2 Å². The van der Waals surface area contributed by atoms with Gasteiger partial charge in [0, 0.05) is 18.0 Å². The summed E-state index contributed by atoms with van der Waals surface area (Å²) < 4.78 is 37.0. The van der Waals surface area contributed by atoms with Crippen LogP contribution in [0.15, 0.2) is 47.4 Å². The lowest BCUT2D eigenvalue weighted by atomic mass is 9.97. The molecule has 1 N–H and O–H groups in total. The minimum atomic E-state index is -3.50. The lowest BCUT2D eigenvalue weighted by Crippen LogP contribution is -2.29. The van der Waals surface area contributed by atoms with Crippen molar-refractivity contribution in [1.29, 1.82) is 0 Å². The fourth-order valence-electron chi connectivity index (χ4n) is 4.31. The minimum Gasteiger partial charge on any atom is -0.491 e. The zero-order valence-corrected chi connectivity index (χ0v) is 21.1. The summed E-state index contributed by atoms with van der Waals surface area (Å²) in [6.45, 7) is 6.20. The molecule has 184 valence electrons. The molecule has 0 bridgehead atoms. The van der Waals surface area contributed by atoms with Gasteiger partial charge in [-0.3, -0.25) is 4.57 Å². The van der Waals surface area contributed by atoms with Gasteiger partial charge in [0.05, 0.1) is 36.7 Å². The quantitative estimate of drug-likeness (QED) is 0.397. The maximum Gasteiger partial charge on any atom is 0.328 e. The first-order chi connectivity index (χ1) is 16.6. The predicted molar refractivity (Wildman–Crippen MR) is 135 cm³/mol. The number of hydrogen-bond acceptors (Lipinski definition) is 7. The van der Waals surface area contributed by atoms with Crippen molar-refractivity contribution in [3.05, 3.63) is 69.9 Å². The summed E-state index contributed by atoms with van der Waals surface area (Å²) in [5, 5.41) is 0. The van der Waals surface area contributed by atoms with Crippen molar-refractivity contribution in [3.8, 4) is 22.8 Å². The first kappa shape index (κ1) is 24.5. The normalized spacial score (nSPS) is 12.6. The van der Waals surface area contributed by atoms with Gasteiger partial charge in [-0.15, -0.1) is 0 Å². The number of imidazole rings is 1. The highest BCUT2D eigenvalue weighted by molar-refractivity contribution is 7.90. The third-order valence-electron chi connectivity index (χ3n) is 5.79. The molecule has 0 amide bonds. The number of aromatic amines is 1. The Morgan fingerprint density at radius 2 is 1.86 bits per heavy atom. The highest BCUT2D eigenvalue weighted by atomic mass is 32.2. The largest absolute Gasteiger partial charge is 0.491 e. The molecule has 0 aliphatic carbocycles. The van der Waals surface area contributed by atoms with Crippen LogP contribution in [-0.4, -0.2) is 53.7 Å². The van der Waals surface area contributed by atoms with Crippen LogP contribution < -0.4 is 15.2 Å². The SMILES string of the molecule is CCOc1nc(C(CS(C)(=O)=O)n2c(=O)[nH]c3cc(-c4c(C)cccc4C)cnc32)ccc1OC. The summed E-state index contributed by atoms with van der Waals surface area (Å²) in [6.07, 6.45) is 2.82. The number of methoxy groups -OCH3 is 1. The number of benzene rings is 1. The van der Waals surface area contributed by atoms with E-state index in [-0.39, 0.29) is 11.6 Å². The van der Waals surface area contributed by atoms with E-state index in [1.165, 1.54) is 11.7 Å². The second-order valence-electron chi connectivity index (χ2n) is 8.45. The molecule has 3 aromatic heterocycles. The van der Waals surface area contributed by atoms with E-state index in [4.69, 9.17) is 9.47 Å². The molecule has 1 aromatic carbocycles. The van der Waals surface area contributed by atoms with Crippen LogP contribution in [0.1, 0.15) is 29.8 Å². The lowest BCUT2D eigenvalue weighted by molar-refractivity contribution is 0.296. The Balaban J connectivity index is 1.90. The van der Waals surface area contributed by atoms with Crippen molar-refractivity contribution in [2.45, 2.75) is 26.8 Å². The molecule has 10 heteroatoms. The van der Waals surface area contributed by atoms with Crippen molar-refractivity contribution in [2.24, 2.45) is 0 Å². The van der Waals surface area contributed by atoms with E-state index >= 15 is 0 Å². The molecule has 0 saturated carbocycles. The van der Waals surface area contributed by atoms with Crippen LogP contribution in [0.5, 0.6) is 11.6 Å². The number of pyridine rings is 2. The zero-order valence-electron chi connectivity index (χ0n) is 20.3. The van der Waals surface area contributed by atoms with Crippen LogP contribution in [0.25, 0.3) is 22.3 Å². The van der Waals surface area contributed by atoms with Crippen molar-refractivity contribution in [2.75, 3.05) is 25.7 Å². The molecular formula is C25H28N4O5S. The molecule has 0 spiro atoms. The number of hydrogen-bond donors (Lipinski definition) is 1. The number of aryl methyl sites for hydroxylation is 2. The highest BCUT2D eigenvalue weighted by Gasteiger charge is 2.27. The van der Waals surface area contributed by atoms with Gasteiger partial charge in [-0.2, -0.15) is 0 Å². The molecule has 0 radical (unpaired) electrons. The van der Waals surface area contributed by atoms with E-state index in [2.05, 4.69) is 15.0 Å². The Hall–Kier alpha value is -3.66. The van der Waals surface area contributed by atoms with Crippen LogP contribution in [0.3, 0.4) is 0 Å². The highest BCUT2D eigenvalue weighted by Crippen LogP contribution is 2.31. The summed E-state index contributed by atoms with van der Waals surface area (Å²) in [6, 6.07) is 10.3. The van der Waals surface area contributed by atoms with Crippen LogP contribution in [0.2, 0.25) is 0 Å². The summed E-state index contributed by atoms with van der Waals surface area (Å²) in [5.74, 6) is 0.297. The Labute approximate surface area is 203 Å². The van der Waals surface area contributed by atoms with E-state index in [1.54, 1.807) is 18.3 Å². The van der Waals surface area contributed by atoms with E-state index in [0.29, 0.717) is 29.2 Å². The second-order valence-corrected chi connectivity index (χ2v) is 10.6. The molecular weight excluding hydrogens is 468 g/mol. The topological polar surface area (TPSA) is 116 Å². The van der Waals surface area contributed by atoms with Gasteiger partial charge in [-0.1, -0.05) is 18.2 Å². The molecule has 9 nitrogen and oxygen atoms in total. The van der Waals surface area contributed by atoms with Gasteiger partial charge in [0.15, 0.2) is 11.4 Å². The number of rotatable bonds is 8. The first-order valence-electron chi connectivity index (χ1n) is 11.1. The maximum absolute atomic E-state index is 13.1.